The molecule has 1 fully saturated rings. The maximum atomic E-state index is 12.1. The topological polar surface area (TPSA) is 70.7 Å². The summed E-state index contributed by atoms with van der Waals surface area (Å²) in [4.78, 5) is 25.7. The third kappa shape index (κ3) is 4.53. The molecule has 23 heavy (non-hydrogen) atoms. The molecule has 1 saturated heterocycles. The molecule has 1 aromatic rings. The molecule has 0 bridgehead atoms. The van der Waals surface area contributed by atoms with E-state index in [2.05, 4.69) is 15.5 Å². The van der Waals surface area contributed by atoms with Crippen molar-refractivity contribution in [2.75, 3.05) is 44.7 Å². The van der Waals surface area contributed by atoms with E-state index in [4.69, 9.17) is 4.74 Å². The summed E-state index contributed by atoms with van der Waals surface area (Å²) in [6.45, 7) is 4.96. The Morgan fingerprint density at radius 1 is 1.26 bits per heavy atom. The van der Waals surface area contributed by atoms with Crippen molar-refractivity contribution in [2.45, 2.75) is 19.3 Å². The minimum absolute atomic E-state index is 0.0399. The van der Waals surface area contributed by atoms with Crippen molar-refractivity contribution < 1.29 is 14.3 Å². The Labute approximate surface area is 136 Å². The highest BCUT2D eigenvalue weighted by atomic mass is 16.5. The number of aryl methyl sites for hydroxylation is 1. The van der Waals surface area contributed by atoms with Crippen LogP contribution in [0, 0.1) is 0 Å². The van der Waals surface area contributed by atoms with Crippen LogP contribution in [0.15, 0.2) is 18.2 Å². The number of nitrogens with one attached hydrogen (secondary N) is 2. The Morgan fingerprint density at radius 3 is 2.91 bits per heavy atom. The second kappa shape index (κ2) is 7.57. The molecule has 0 radical (unpaired) electrons. The third-order valence-corrected chi connectivity index (χ3v) is 4.28. The zero-order chi connectivity index (χ0) is 16.1. The number of morpholine rings is 1. The smallest absolute Gasteiger partial charge is 0.224 e. The van der Waals surface area contributed by atoms with Crippen LogP contribution in [-0.2, 0) is 27.2 Å². The summed E-state index contributed by atoms with van der Waals surface area (Å²) < 4.78 is 5.30. The van der Waals surface area contributed by atoms with Gasteiger partial charge in [-0.25, -0.2) is 0 Å². The van der Waals surface area contributed by atoms with Crippen molar-refractivity contribution in [1.29, 1.82) is 0 Å². The van der Waals surface area contributed by atoms with Crippen LogP contribution < -0.4 is 10.6 Å². The number of carbonyl (C=O) groups excluding carboxylic acids is 2. The first-order valence-electron chi connectivity index (χ1n) is 8.19. The lowest BCUT2D eigenvalue weighted by molar-refractivity contribution is -0.120. The molecule has 1 aromatic carbocycles. The molecule has 2 N–H and O–H groups in total. The van der Waals surface area contributed by atoms with Crippen molar-refractivity contribution in [3.05, 3.63) is 29.3 Å². The lowest BCUT2D eigenvalue weighted by atomic mass is 9.99. The first-order valence-corrected chi connectivity index (χ1v) is 8.19. The normalized spacial score (nSPS) is 18.2. The third-order valence-electron chi connectivity index (χ3n) is 4.28. The van der Waals surface area contributed by atoms with Gasteiger partial charge in [0.2, 0.25) is 11.8 Å². The Bertz CT molecular complexity index is 582. The van der Waals surface area contributed by atoms with Gasteiger partial charge in [0.25, 0.3) is 0 Å². The number of anilines is 1. The van der Waals surface area contributed by atoms with E-state index in [1.807, 2.05) is 18.2 Å². The van der Waals surface area contributed by atoms with Gasteiger partial charge in [-0.05, 0) is 23.6 Å². The molecule has 2 aliphatic heterocycles. The average Bonchev–Trinajstić information content (AvgIpc) is 2.56. The largest absolute Gasteiger partial charge is 0.379 e. The maximum absolute atomic E-state index is 12.1. The minimum atomic E-state index is 0.0399. The monoisotopic (exact) mass is 317 g/mol. The molecule has 0 aliphatic carbocycles. The Kier molecular flexibility index (Phi) is 5.25. The highest BCUT2D eigenvalue weighted by molar-refractivity contribution is 5.94. The number of fused-ring (bicyclic) bond motifs is 1. The molecule has 2 heterocycles. The summed E-state index contributed by atoms with van der Waals surface area (Å²) in [6, 6.07) is 5.82. The van der Waals surface area contributed by atoms with E-state index in [-0.39, 0.29) is 11.8 Å². The molecule has 0 spiro atoms. The zero-order valence-corrected chi connectivity index (χ0v) is 13.3. The molecule has 0 aromatic heterocycles. The van der Waals surface area contributed by atoms with Gasteiger partial charge in [0.05, 0.1) is 19.6 Å². The molecule has 0 saturated carbocycles. The van der Waals surface area contributed by atoms with Crippen molar-refractivity contribution in [3.8, 4) is 0 Å². The standard InChI is InChI=1S/C17H23N3O3/c21-16-4-2-14-11-13(1-3-15(14)19-16)12-17(22)18-5-6-20-7-9-23-10-8-20/h1,3,11H,2,4-10,12H2,(H,18,22)(H,19,21). The van der Waals surface area contributed by atoms with Gasteiger partial charge in [-0.15, -0.1) is 0 Å². The van der Waals surface area contributed by atoms with Crippen molar-refractivity contribution in [3.63, 3.8) is 0 Å². The number of ether oxygens (including phenoxy) is 1. The molecule has 0 unspecified atom stereocenters. The van der Waals surface area contributed by atoms with Crippen LogP contribution in [0.4, 0.5) is 5.69 Å². The lowest BCUT2D eigenvalue weighted by Crippen LogP contribution is -2.41. The predicted octanol–water partition coefficient (Wildman–Crippen LogP) is 0.562. The quantitative estimate of drug-likeness (QED) is 0.833. The van der Waals surface area contributed by atoms with Crippen LogP contribution in [-0.4, -0.2) is 56.1 Å². The van der Waals surface area contributed by atoms with Crippen LogP contribution >= 0.6 is 0 Å². The molecule has 2 amide bonds. The van der Waals surface area contributed by atoms with Gasteiger partial charge in [0.15, 0.2) is 0 Å². The van der Waals surface area contributed by atoms with E-state index in [0.717, 1.165) is 56.1 Å². The summed E-state index contributed by atoms with van der Waals surface area (Å²) in [7, 11) is 0. The fourth-order valence-electron chi connectivity index (χ4n) is 2.97. The first kappa shape index (κ1) is 16.0. The van der Waals surface area contributed by atoms with Gasteiger partial charge in [-0.1, -0.05) is 12.1 Å². The van der Waals surface area contributed by atoms with Crippen molar-refractivity contribution in [2.24, 2.45) is 0 Å². The SMILES string of the molecule is O=C(Cc1ccc2c(c1)CCC(=O)N2)NCCN1CCOCC1. The second-order valence-electron chi connectivity index (χ2n) is 6.02. The van der Waals surface area contributed by atoms with E-state index in [1.165, 1.54) is 0 Å². The minimum Gasteiger partial charge on any atom is -0.379 e. The molecular formula is C17H23N3O3. The van der Waals surface area contributed by atoms with Crippen LogP contribution in [0.2, 0.25) is 0 Å². The fraction of sp³-hybridized carbons (Fsp3) is 0.529. The highest BCUT2D eigenvalue weighted by Gasteiger charge is 2.15. The van der Waals surface area contributed by atoms with Crippen LogP contribution in [0.1, 0.15) is 17.5 Å². The number of amides is 2. The first-order chi connectivity index (χ1) is 11.2. The summed E-state index contributed by atoms with van der Waals surface area (Å²) in [5.74, 6) is 0.101. The zero-order valence-electron chi connectivity index (χ0n) is 13.3. The fourth-order valence-corrected chi connectivity index (χ4v) is 2.97. The van der Waals surface area contributed by atoms with Crippen molar-refractivity contribution in [1.82, 2.24) is 10.2 Å². The average molecular weight is 317 g/mol. The van der Waals surface area contributed by atoms with E-state index in [9.17, 15) is 9.59 Å². The van der Waals surface area contributed by atoms with Gasteiger partial charge < -0.3 is 15.4 Å². The summed E-state index contributed by atoms with van der Waals surface area (Å²) in [5, 5.41) is 5.83. The Morgan fingerprint density at radius 2 is 2.09 bits per heavy atom. The maximum Gasteiger partial charge on any atom is 0.224 e. The molecule has 0 atom stereocenters. The molecular weight excluding hydrogens is 294 g/mol. The summed E-state index contributed by atoms with van der Waals surface area (Å²) in [6.07, 6.45) is 1.64. The predicted molar refractivity (Wildman–Crippen MR) is 87.4 cm³/mol. The van der Waals surface area contributed by atoms with Crippen molar-refractivity contribution >= 4 is 17.5 Å². The molecule has 3 rings (SSSR count). The Hall–Kier alpha value is -1.92. The van der Waals surface area contributed by atoms with Crippen LogP contribution in [0.5, 0.6) is 0 Å². The van der Waals surface area contributed by atoms with E-state index < -0.39 is 0 Å². The van der Waals surface area contributed by atoms with E-state index in [1.54, 1.807) is 0 Å². The van der Waals surface area contributed by atoms with Gasteiger partial charge in [0, 0.05) is 38.3 Å². The van der Waals surface area contributed by atoms with E-state index >= 15 is 0 Å². The Balaban J connectivity index is 1.45. The van der Waals surface area contributed by atoms with Crippen LogP contribution in [0.3, 0.4) is 0 Å². The van der Waals surface area contributed by atoms with E-state index in [0.29, 0.717) is 19.4 Å². The van der Waals surface area contributed by atoms with Gasteiger partial charge in [0.1, 0.15) is 0 Å². The highest BCUT2D eigenvalue weighted by Crippen LogP contribution is 2.23. The number of benzene rings is 1. The molecule has 6 heteroatoms. The molecule has 6 nitrogen and oxygen atoms in total. The summed E-state index contributed by atoms with van der Waals surface area (Å²) in [5.41, 5.74) is 2.98. The van der Waals surface area contributed by atoms with Crippen LogP contribution in [0.25, 0.3) is 0 Å². The number of hydrogen-bond donors (Lipinski definition) is 2. The van der Waals surface area contributed by atoms with Gasteiger partial charge >= 0.3 is 0 Å². The second-order valence-corrected chi connectivity index (χ2v) is 6.02. The number of rotatable bonds is 5. The van der Waals surface area contributed by atoms with Gasteiger partial charge in [-0.3, -0.25) is 14.5 Å². The van der Waals surface area contributed by atoms with Gasteiger partial charge in [-0.2, -0.15) is 0 Å². The number of carbonyl (C=O) groups is 2. The molecule has 124 valence electrons. The number of hydrogen-bond acceptors (Lipinski definition) is 4. The summed E-state index contributed by atoms with van der Waals surface area (Å²) >= 11 is 0. The number of nitrogens with zero attached hydrogens (tertiary/aromatic N) is 1. The molecule has 2 aliphatic rings. The lowest BCUT2D eigenvalue weighted by Gasteiger charge is -2.26.